The molecule has 1 N–H and O–H groups in total. The van der Waals surface area contributed by atoms with E-state index in [0.29, 0.717) is 22.9 Å². The van der Waals surface area contributed by atoms with Crippen LogP contribution in [0.4, 0.5) is 5.69 Å². The zero-order valence-electron chi connectivity index (χ0n) is 15.8. The topological polar surface area (TPSA) is 64.6 Å². The van der Waals surface area contributed by atoms with Crippen molar-refractivity contribution in [2.24, 2.45) is 0 Å². The SMILES string of the molecule is COC(=O)c1ccc(NC(=O)C(C)Oc2ccc(C(C)C)c(C)c2)cc1. The highest BCUT2D eigenvalue weighted by atomic mass is 16.5. The van der Waals surface area contributed by atoms with Crippen molar-refractivity contribution in [1.82, 2.24) is 0 Å². The van der Waals surface area contributed by atoms with Crippen molar-refractivity contribution in [3.8, 4) is 5.75 Å². The van der Waals surface area contributed by atoms with Crippen LogP contribution < -0.4 is 10.1 Å². The number of methoxy groups -OCH3 is 1. The molecule has 1 atom stereocenters. The van der Waals surface area contributed by atoms with E-state index in [-0.39, 0.29) is 5.91 Å². The molecule has 2 aromatic carbocycles. The molecule has 0 radical (unpaired) electrons. The Bertz CT molecular complexity index is 781. The van der Waals surface area contributed by atoms with Crippen LogP contribution in [0.2, 0.25) is 0 Å². The average molecular weight is 355 g/mol. The number of benzene rings is 2. The molecule has 0 aromatic heterocycles. The fourth-order valence-corrected chi connectivity index (χ4v) is 2.68. The van der Waals surface area contributed by atoms with Gasteiger partial charge in [-0.3, -0.25) is 4.79 Å². The molecule has 0 aliphatic heterocycles. The molecule has 0 saturated carbocycles. The van der Waals surface area contributed by atoms with Crippen molar-refractivity contribution in [1.29, 1.82) is 0 Å². The maximum Gasteiger partial charge on any atom is 0.337 e. The molecule has 0 fully saturated rings. The van der Waals surface area contributed by atoms with Gasteiger partial charge in [-0.2, -0.15) is 0 Å². The lowest BCUT2D eigenvalue weighted by molar-refractivity contribution is -0.122. The number of aryl methyl sites for hydroxylation is 1. The monoisotopic (exact) mass is 355 g/mol. The Labute approximate surface area is 154 Å². The van der Waals surface area contributed by atoms with Gasteiger partial charge < -0.3 is 14.8 Å². The van der Waals surface area contributed by atoms with Crippen LogP contribution in [0.15, 0.2) is 42.5 Å². The highest BCUT2D eigenvalue weighted by Gasteiger charge is 2.16. The van der Waals surface area contributed by atoms with Gasteiger partial charge in [0, 0.05) is 5.69 Å². The standard InChI is InChI=1S/C21H25NO4/c1-13(2)19-11-10-18(12-14(19)3)26-15(4)20(23)22-17-8-6-16(7-9-17)21(24)25-5/h6-13,15H,1-5H3,(H,22,23). The molecular weight excluding hydrogens is 330 g/mol. The predicted molar refractivity (Wildman–Crippen MR) is 102 cm³/mol. The third-order valence-corrected chi connectivity index (χ3v) is 4.12. The Morgan fingerprint density at radius 1 is 1.00 bits per heavy atom. The number of ether oxygens (including phenoxy) is 2. The van der Waals surface area contributed by atoms with E-state index in [1.165, 1.54) is 12.7 Å². The van der Waals surface area contributed by atoms with Crippen molar-refractivity contribution in [2.75, 3.05) is 12.4 Å². The average Bonchev–Trinajstić information content (AvgIpc) is 2.61. The minimum Gasteiger partial charge on any atom is -0.481 e. The summed E-state index contributed by atoms with van der Waals surface area (Å²) in [6, 6.07) is 12.4. The second-order valence-corrected chi connectivity index (χ2v) is 6.49. The van der Waals surface area contributed by atoms with Crippen molar-refractivity contribution >= 4 is 17.6 Å². The molecule has 5 heteroatoms. The van der Waals surface area contributed by atoms with Gasteiger partial charge in [0.1, 0.15) is 5.75 Å². The summed E-state index contributed by atoms with van der Waals surface area (Å²) in [6.45, 7) is 8.02. The molecule has 2 aromatic rings. The summed E-state index contributed by atoms with van der Waals surface area (Å²) in [7, 11) is 1.33. The largest absolute Gasteiger partial charge is 0.481 e. The molecule has 26 heavy (non-hydrogen) atoms. The van der Waals surface area contributed by atoms with Crippen molar-refractivity contribution in [3.63, 3.8) is 0 Å². The molecule has 2 rings (SSSR count). The summed E-state index contributed by atoms with van der Waals surface area (Å²) in [5.41, 5.74) is 3.42. The second kappa shape index (κ2) is 8.52. The number of amides is 1. The number of hydrogen-bond donors (Lipinski definition) is 1. The van der Waals surface area contributed by atoms with Gasteiger partial charge in [-0.25, -0.2) is 4.79 Å². The fourth-order valence-electron chi connectivity index (χ4n) is 2.68. The third-order valence-electron chi connectivity index (χ3n) is 4.12. The van der Waals surface area contributed by atoms with E-state index in [2.05, 4.69) is 23.9 Å². The minimum atomic E-state index is -0.653. The minimum absolute atomic E-state index is 0.263. The maximum atomic E-state index is 12.3. The lowest BCUT2D eigenvalue weighted by Gasteiger charge is -2.17. The van der Waals surface area contributed by atoms with Crippen LogP contribution in [0.1, 0.15) is 48.2 Å². The Morgan fingerprint density at radius 2 is 1.65 bits per heavy atom. The van der Waals surface area contributed by atoms with E-state index < -0.39 is 12.1 Å². The first-order valence-electron chi connectivity index (χ1n) is 8.58. The van der Waals surface area contributed by atoms with E-state index in [1.54, 1.807) is 31.2 Å². The van der Waals surface area contributed by atoms with Crippen LogP contribution in [0, 0.1) is 6.92 Å². The summed E-state index contributed by atoms with van der Waals surface area (Å²) in [5.74, 6) is 0.425. The van der Waals surface area contributed by atoms with Crippen LogP contribution in [0.3, 0.4) is 0 Å². The summed E-state index contributed by atoms with van der Waals surface area (Å²) in [5, 5.41) is 2.77. The van der Waals surface area contributed by atoms with E-state index in [9.17, 15) is 9.59 Å². The number of carbonyl (C=O) groups excluding carboxylic acids is 2. The first-order chi connectivity index (χ1) is 12.3. The third kappa shape index (κ3) is 4.85. The first-order valence-corrected chi connectivity index (χ1v) is 8.58. The summed E-state index contributed by atoms with van der Waals surface area (Å²) in [4.78, 5) is 23.7. The van der Waals surface area contributed by atoms with Gasteiger partial charge in [-0.05, 0) is 67.3 Å². The number of carbonyl (C=O) groups is 2. The van der Waals surface area contributed by atoms with Crippen molar-refractivity contribution < 1.29 is 19.1 Å². The predicted octanol–water partition coefficient (Wildman–Crippen LogP) is 4.31. The Balaban J connectivity index is 1.99. The molecule has 1 unspecified atom stereocenters. The molecule has 0 spiro atoms. The highest BCUT2D eigenvalue weighted by Crippen LogP contribution is 2.24. The second-order valence-electron chi connectivity index (χ2n) is 6.49. The van der Waals surface area contributed by atoms with Crippen molar-refractivity contribution in [2.45, 2.75) is 39.7 Å². The van der Waals surface area contributed by atoms with Gasteiger partial charge in [-0.15, -0.1) is 0 Å². The lowest BCUT2D eigenvalue weighted by Crippen LogP contribution is -2.30. The Morgan fingerprint density at radius 3 is 2.19 bits per heavy atom. The van der Waals surface area contributed by atoms with Gasteiger partial charge >= 0.3 is 5.97 Å². The van der Waals surface area contributed by atoms with Crippen LogP contribution in [0.25, 0.3) is 0 Å². The van der Waals surface area contributed by atoms with E-state index in [4.69, 9.17) is 4.74 Å². The number of rotatable bonds is 6. The molecule has 0 aliphatic carbocycles. The molecule has 1 amide bonds. The highest BCUT2D eigenvalue weighted by molar-refractivity contribution is 5.95. The molecule has 138 valence electrons. The van der Waals surface area contributed by atoms with Gasteiger partial charge in [-0.1, -0.05) is 19.9 Å². The fraction of sp³-hybridized carbons (Fsp3) is 0.333. The van der Waals surface area contributed by atoms with Crippen LogP contribution in [0.5, 0.6) is 5.75 Å². The Kier molecular flexibility index (Phi) is 6.39. The zero-order chi connectivity index (χ0) is 19.3. The molecule has 0 aliphatic rings. The smallest absolute Gasteiger partial charge is 0.337 e. The van der Waals surface area contributed by atoms with Crippen LogP contribution in [-0.2, 0) is 9.53 Å². The number of esters is 1. The van der Waals surface area contributed by atoms with E-state index in [0.717, 1.165) is 5.56 Å². The number of nitrogens with one attached hydrogen (secondary N) is 1. The summed E-state index contributed by atoms with van der Waals surface area (Å²) >= 11 is 0. The van der Waals surface area contributed by atoms with Crippen LogP contribution in [-0.4, -0.2) is 25.1 Å². The molecule has 0 heterocycles. The van der Waals surface area contributed by atoms with Crippen molar-refractivity contribution in [3.05, 3.63) is 59.2 Å². The van der Waals surface area contributed by atoms with E-state index >= 15 is 0 Å². The molecule has 0 bridgehead atoms. The molecule has 5 nitrogen and oxygen atoms in total. The summed E-state index contributed by atoms with van der Waals surface area (Å²) in [6.07, 6.45) is -0.653. The quantitative estimate of drug-likeness (QED) is 0.784. The number of hydrogen-bond acceptors (Lipinski definition) is 4. The molecule has 0 saturated heterocycles. The van der Waals surface area contributed by atoms with Crippen LogP contribution >= 0.6 is 0 Å². The van der Waals surface area contributed by atoms with Gasteiger partial charge in [0.25, 0.3) is 5.91 Å². The normalized spacial score (nSPS) is 11.8. The lowest BCUT2D eigenvalue weighted by atomic mass is 9.98. The van der Waals surface area contributed by atoms with Gasteiger partial charge in [0.15, 0.2) is 6.10 Å². The van der Waals surface area contributed by atoms with E-state index in [1.807, 2.05) is 25.1 Å². The molecular formula is C21H25NO4. The van der Waals surface area contributed by atoms with Gasteiger partial charge in [0.05, 0.1) is 12.7 Å². The Hall–Kier alpha value is -2.82. The summed E-state index contributed by atoms with van der Waals surface area (Å²) < 4.78 is 10.4. The first kappa shape index (κ1) is 19.5. The zero-order valence-corrected chi connectivity index (χ0v) is 15.8. The van der Waals surface area contributed by atoms with Gasteiger partial charge in [0.2, 0.25) is 0 Å². The maximum absolute atomic E-state index is 12.3. The number of anilines is 1.